The zero-order valence-corrected chi connectivity index (χ0v) is 10.5. The van der Waals surface area contributed by atoms with Gasteiger partial charge in [-0.25, -0.2) is 0 Å². The number of hydrogen-bond donors (Lipinski definition) is 0. The predicted octanol–water partition coefficient (Wildman–Crippen LogP) is 2.54. The van der Waals surface area contributed by atoms with Crippen LogP contribution >= 0.6 is 8.53 Å². The Labute approximate surface area is 87.5 Å². The zero-order chi connectivity index (χ0) is 11.2. The molecule has 5 heteroatoms. The van der Waals surface area contributed by atoms with E-state index in [0.717, 1.165) is 6.41 Å². The van der Waals surface area contributed by atoms with Crippen molar-refractivity contribution in [2.24, 2.45) is 0 Å². The van der Waals surface area contributed by atoms with Gasteiger partial charge in [-0.3, -0.25) is 9.46 Å². The summed E-state index contributed by atoms with van der Waals surface area (Å²) >= 11 is 0. The fourth-order valence-corrected chi connectivity index (χ4v) is 2.16. The van der Waals surface area contributed by atoms with Gasteiger partial charge in [0.25, 0.3) is 8.53 Å². The zero-order valence-electron chi connectivity index (χ0n) is 9.61. The minimum atomic E-state index is -1.25. The summed E-state index contributed by atoms with van der Waals surface area (Å²) in [4.78, 5) is 10.9. The van der Waals surface area contributed by atoms with E-state index in [9.17, 15) is 4.79 Å². The van der Waals surface area contributed by atoms with Gasteiger partial charge in [0.2, 0.25) is 6.41 Å². The Morgan fingerprint density at radius 1 is 1.21 bits per heavy atom. The average Bonchev–Trinajstić information content (AvgIpc) is 2.03. The van der Waals surface area contributed by atoms with Crippen LogP contribution in [0.2, 0.25) is 0 Å². The Balaban J connectivity index is 4.49. The van der Waals surface area contributed by atoms with Gasteiger partial charge in [0.1, 0.15) is 0 Å². The molecule has 0 aliphatic carbocycles. The first-order valence-electron chi connectivity index (χ1n) is 4.77. The maximum absolute atomic E-state index is 10.9. The predicted molar refractivity (Wildman–Crippen MR) is 57.8 cm³/mol. The largest absolute Gasteiger partial charge is 0.318 e. The van der Waals surface area contributed by atoms with Crippen molar-refractivity contribution in [3.63, 3.8) is 0 Å². The molecule has 0 aromatic heterocycles. The molecule has 0 aromatic carbocycles. The third kappa shape index (κ3) is 4.36. The molecule has 4 nitrogen and oxygen atoms in total. The van der Waals surface area contributed by atoms with Crippen LogP contribution in [0.5, 0.6) is 0 Å². The van der Waals surface area contributed by atoms with Crippen molar-refractivity contribution < 1.29 is 13.8 Å². The van der Waals surface area contributed by atoms with Gasteiger partial charge in [-0.15, -0.1) is 0 Å². The molecule has 0 aliphatic heterocycles. The summed E-state index contributed by atoms with van der Waals surface area (Å²) in [5, 5.41) is 0. The van der Waals surface area contributed by atoms with Gasteiger partial charge in [-0.1, -0.05) is 0 Å². The van der Waals surface area contributed by atoms with Crippen molar-refractivity contribution in [3.05, 3.63) is 0 Å². The fourth-order valence-electron chi connectivity index (χ4n) is 0.824. The standard InChI is InChI=1S/C9H20NO3P/c1-6-12-14(13-7-2)10(8-11)9(3,4)5/h8H,6-7H2,1-5H3. The maximum Gasteiger partial charge on any atom is 0.292 e. The van der Waals surface area contributed by atoms with Crippen LogP contribution in [0.25, 0.3) is 0 Å². The number of rotatable bonds is 6. The number of amides is 1. The van der Waals surface area contributed by atoms with Gasteiger partial charge < -0.3 is 9.05 Å². The van der Waals surface area contributed by atoms with Crippen molar-refractivity contribution in [1.29, 1.82) is 0 Å². The Morgan fingerprint density at radius 3 is 1.86 bits per heavy atom. The first kappa shape index (κ1) is 13.8. The van der Waals surface area contributed by atoms with Crippen LogP contribution in [0.15, 0.2) is 0 Å². The fraction of sp³-hybridized carbons (Fsp3) is 0.889. The lowest BCUT2D eigenvalue weighted by Gasteiger charge is -2.35. The summed E-state index contributed by atoms with van der Waals surface area (Å²) in [5.41, 5.74) is -0.266. The smallest absolute Gasteiger partial charge is 0.292 e. The summed E-state index contributed by atoms with van der Waals surface area (Å²) in [6.07, 6.45) is 0.789. The quantitative estimate of drug-likeness (QED) is 0.511. The number of nitrogens with zero attached hydrogens (tertiary/aromatic N) is 1. The molecule has 0 bridgehead atoms. The van der Waals surface area contributed by atoms with E-state index >= 15 is 0 Å². The molecule has 0 heterocycles. The highest BCUT2D eigenvalue weighted by Gasteiger charge is 2.29. The highest BCUT2D eigenvalue weighted by molar-refractivity contribution is 7.45. The molecular weight excluding hydrogens is 201 g/mol. The summed E-state index contributed by atoms with van der Waals surface area (Å²) in [5.74, 6) is 0. The van der Waals surface area contributed by atoms with Crippen molar-refractivity contribution in [2.75, 3.05) is 13.2 Å². The topological polar surface area (TPSA) is 38.8 Å². The van der Waals surface area contributed by atoms with E-state index in [-0.39, 0.29) is 5.54 Å². The third-order valence-corrected chi connectivity index (χ3v) is 3.45. The third-order valence-electron chi connectivity index (χ3n) is 1.44. The molecule has 0 fully saturated rings. The van der Waals surface area contributed by atoms with Gasteiger partial charge >= 0.3 is 0 Å². The first-order valence-corrected chi connectivity index (χ1v) is 5.90. The molecule has 1 amide bonds. The molecule has 0 unspecified atom stereocenters. The first-order chi connectivity index (χ1) is 6.47. The lowest BCUT2D eigenvalue weighted by Crippen LogP contribution is -2.37. The molecule has 0 atom stereocenters. The molecule has 0 rings (SSSR count). The second-order valence-electron chi connectivity index (χ2n) is 3.69. The van der Waals surface area contributed by atoms with Crippen LogP contribution in [0.4, 0.5) is 0 Å². The Bertz CT molecular complexity index is 164. The van der Waals surface area contributed by atoms with E-state index in [1.807, 2.05) is 34.6 Å². The Morgan fingerprint density at radius 2 is 1.64 bits per heavy atom. The molecule has 0 radical (unpaired) electrons. The minimum Gasteiger partial charge on any atom is -0.318 e. The molecule has 14 heavy (non-hydrogen) atoms. The van der Waals surface area contributed by atoms with Crippen molar-refractivity contribution in [3.8, 4) is 0 Å². The second-order valence-corrected chi connectivity index (χ2v) is 5.12. The molecule has 0 spiro atoms. The summed E-state index contributed by atoms with van der Waals surface area (Å²) in [7, 11) is -1.25. The van der Waals surface area contributed by atoms with Gasteiger partial charge in [0, 0.05) is 5.54 Å². The number of hydrogen-bond acceptors (Lipinski definition) is 3. The molecule has 0 saturated carbocycles. The van der Waals surface area contributed by atoms with E-state index in [1.165, 1.54) is 0 Å². The normalized spacial score (nSPS) is 11.9. The summed E-state index contributed by atoms with van der Waals surface area (Å²) in [6, 6.07) is 0. The number of carbonyl (C=O) groups is 1. The number of carbonyl (C=O) groups excluding carboxylic acids is 1. The van der Waals surface area contributed by atoms with E-state index in [0.29, 0.717) is 13.2 Å². The molecule has 84 valence electrons. The van der Waals surface area contributed by atoms with Crippen molar-refractivity contribution in [2.45, 2.75) is 40.2 Å². The highest BCUT2D eigenvalue weighted by atomic mass is 31.2. The Kier molecular flexibility index (Phi) is 6.25. The molecule has 0 aliphatic rings. The van der Waals surface area contributed by atoms with Gasteiger partial charge in [-0.2, -0.15) is 0 Å². The second kappa shape index (κ2) is 6.33. The maximum atomic E-state index is 10.9. The monoisotopic (exact) mass is 221 g/mol. The van der Waals surface area contributed by atoms with Crippen LogP contribution in [-0.2, 0) is 13.8 Å². The van der Waals surface area contributed by atoms with Crippen LogP contribution < -0.4 is 0 Å². The van der Waals surface area contributed by atoms with Crippen molar-refractivity contribution >= 4 is 14.9 Å². The summed E-state index contributed by atoms with van der Waals surface area (Å²) in [6.45, 7) is 10.7. The minimum absolute atomic E-state index is 0.266. The molecular formula is C9H20NO3P. The molecule has 0 saturated heterocycles. The highest BCUT2D eigenvalue weighted by Crippen LogP contribution is 2.45. The van der Waals surface area contributed by atoms with E-state index in [1.54, 1.807) is 4.67 Å². The van der Waals surface area contributed by atoms with Crippen LogP contribution in [0.1, 0.15) is 34.6 Å². The van der Waals surface area contributed by atoms with Crippen molar-refractivity contribution in [1.82, 2.24) is 4.67 Å². The van der Waals surface area contributed by atoms with Gasteiger partial charge in [-0.05, 0) is 34.6 Å². The van der Waals surface area contributed by atoms with Crippen LogP contribution in [0.3, 0.4) is 0 Å². The van der Waals surface area contributed by atoms with Crippen LogP contribution in [0, 0.1) is 0 Å². The molecule has 0 N–H and O–H groups in total. The van der Waals surface area contributed by atoms with E-state index in [4.69, 9.17) is 9.05 Å². The van der Waals surface area contributed by atoms with Gasteiger partial charge in [0.15, 0.2) is 0 Å². The van der Waals surface area contributed by atoms with E-state index < -0.39 is 8.53 Å². The summed E-state index contributed by atoms with van der Waals surface area (Å²) < 4.78 is 12.4. The SMILES string of the molecule is CCOP(OCC)N(C=O)C(C)(C)C. The van der Waals surface area contributed by atoms with E-state index in [2.05, 4.69) is 0 Å². The lowest BCUT2D eigenvalue weighted by molar-refractivity contribution is -0.117. The lowest BCUT2D eigenvalue weighted by atomic mass is 10.1. The van der Waals surface area contributed by atoms with Gasteiger partial charge in [0.05, 0.1) is 13.2 Å². The molecule has 0 aromatic rings. The Hall–Kier alpha value is -0.180. The van der Waals surface area contributed by atoms with Crippen LogP contribution in [-0.4, -0.2) is 29.8 Å². The average molecular weight is 221 g/mol.